The number of guanidine groups is 1. The summed E-state index contributed by atoms with van der Waals surface area (Å²) >= 11 is 0. The topological polar surface area (TPSA) is 42.9 Å². The molecule has 1 aliphatic heterocycles. The van der Waals surface area contributed by atoms with Crippen molar-refractivity contribution in [2.45, 2.75) is 33.6 Å². The molecule has 0 aliphatic carbocycles. The van der Waals surface area contributed by atoms with Crippen molar-refractivity contribution in [3.63, 3.8) is 0 Å². The first-order valence-electron chi connectivity index (χ1n) is 10.1. The zero-order valence-electron chi connectivity index (χ0n) is 17.1. The van der Waals surface area contributed by atoms with Crippen LogP contribution in [0.4, 0.5) is 5.69 Å². The fraction of sp³-hybridized carbons (Fsp3) is 0.667. The Labute approximate surface area is 159 Å². The van der Waals surface area contributed by atoms with Crippen molar-refractivity contribution >= 4 is 11.6 Å². The Morgan fingerprint density at radius 1 is 1.12 bits per heavy atom. The predicted molar refractivity (Wildman–Crippen MR) is 113 cm³/mol. The summed E-state index contributed by atoms with van der Waals surface area (Å²) in [7, 11) is 1.84. The van der Waals surface area contributed by atoms with Crippen molar-refractivity contribution in [2.24, 2.45) is 10.9 Å². The summed E-state index contributed by atoms with van der Waals surface area (Å²) in [5.74, 6) is 1.55. The highest BCUT2D eigenvalue weighted by Crippen LogP contribution is 2.17. The maximum atomic E-state index is 4.27. The Morgan fingerprint density at radius 3 is 2.54 bits per heavy atom. The molecule has 26 heavy (non-hydrogen) atoms. The van der Waals surface area contributed by atoms with Crippen LogP contribution in [0.1, 0.15) is 32.3 Å². The van der Waals surface area contributed by atoms with Crippen LogP contribution in [-0.4, -0.2) is 63.7 Å². The second-order valence-electron chi connectivity index (χ2n) is 7.65. The van der Waals surface area contributed by atoms with E-state index >= 15 is 0 Å². The largest absolute Gasteiger partial charge is 0.369 e. The fourth-order valence-electron chi connectivity index (χ4n) is 3.24. The number of nitrogens with one attached hydrogen (secondary N) is 2. The van der Waals surface area contributed by atoms with Crippen LogP contribution in [0, 0.1) is 12.8 Å². The lowest BCUT2D eigenvalue weighted by Gasteiger charge is -2.36. The molecule has 0 aromatic heterocycles. The van der Waals surface area contributed by atoms with Gasteiger partial charge in [-0.1, -0.05) is 26.0 Å². The Bertz CT molecular complexity index is 547. The van der Waals surface area contributed by atoms with Gasteiger partial charge in [-0.25, -0.2) is 0 Å². The highest BCUT2D eigenvalue weighted by atomic mass is 15.3. The van der Waals surface area contributed by atoms with Crippen LogP contribution in [0.2, 0.25) is 0 Å². The van der Waals surface area contributed by atoms with Crippen molar-refractivity contribution in [2.75, 3.05) is 57.8 Å². The van der Waals surface area contributed by atoms with Crippen LogP contribution in [0.15, 0.2) is 29.3 Å². The van der Waals surface area contributed by atoms with E-state index in [1.807, 2.05) is 7.05 Å². The van der Waals surface area contributed by atoms with E-state index in [1.54, 1.807) is 0 Å². The van der Waals surface area contributed by atoms with Gasteiger partial charge in [-0.05, 0) is 49.9 Å². The van der Waals surface area contributed by atoms with Crippen LogP contribution in [-0.2, 0) is 0 Å². The molecule has 1 fully saturated rings. The van der Waals surface area contributed by atoms with Crippen molar-refractivity contribution in [3.05, 3.63) is 29.8 Å². The lowest BCUT2D eigenvalue weighted by Crippen LogP contribution is -2.46. The third-order valence-corrected chi connectivity index (χ3v) is 4.83. The first-order chi connectivity index (χ1) is 12.6. The monoisotopic (exact) mass is 359 g/mol. The van der Waals surface area contributed by atoms with Gasteiger partial charge in [0.2, 0.25) is 0 Å². The summed E-state index contributed by atoms with van der Waals surface area (Å²) in [6.45, 7) is 14.3. The van der Waals surface area contributed by atoms with Gasteiger partial charge in [0.1, 0.15) is 0 Å². The molecule has 2 N–H and O–H groups in total. The highest BCUT2D eigenvalue weighted by Gasteiger charge is 2.16. The molecule has 0 atom stereocenters. The van der Waals surface area contributed by atoms with Crippen LogP contribution in [0.3, 0.4) is 0 Å². The molecular formula is C21H37N5. The van der Waals surface area contributed by atoms with Gasteiger partial charge in [-0.3, -0.25) is 9.89 Å². The number of hydrogen-bond donors (Lipinski definition) is 2. The molecule has 0 spiro atoms. The van der Waals surface area contributed by atoms with E-state index in [1.165, 1.54) is 43.7 Å². The Morgan fingerprint density at radius 2 is 1.88 bits per heavy atom. The number of nitrogens with zero attached hydrogens (tertiary/aromatic N) is 3. The van der Waals surface area contributed by atoms with Gasteiger partial charge in [-0.15, -0.1) is 0 Å². The van der Waals surface area contributed by atoms with E-state index in [9.17, 15) is 0 Å². The van der Waals surface area contributed by atoms with Gasteiger partial charge in [0, 0.05) is 52.0 Å². The number of aliphatic imine (C=N–C) groups is 1. The summed E-state index contributed by atoms with van der Waals surface area (Å²) in [6, 6.07) is 8.85. The number of anilines is 1. The van der Waals surface area contributed by atoms with E-state index in [0.29, 0.717) is 5.92 Å². The van der Waals surface area contributed by atoms with E-state index in [-0.39, 0.29) is 0 Å². The first-order valence-corrected chi connectivity index (χ1v) is 10.1. The lowest BCUT2D eigenvalue weighted by molar-refractivity contribution is 0.253. The zero-order valence-corrected chi connectivity index (χ0v) is 17.1. The second kappa shape index (κ2) is 11.1. The standard InChI is InChI=1S/C21H37N5/c1-18(2)17-24-21(22-4)23-10-5-6-11-25-12-14-26(15-13-25)20-9-7-8-19(3)16-20/h7-9,16,18H,5-6,10-15,17H2,1-4H3,(H2,22,23,24). The third kappa shape index (κ3) is 7.24. The van der Waals surface area contributed by atoms with Crippen molar-refractivity contribution in [3.8, 4) is 0 Å². The van der Waals surface area contributed by atoms with Gasteiger partial charge >= 0.3 is 0 Å². The average Bonchev–Trinajstić information content (AvgIpc) is 2.64. The molecule has 5 nitrogen and oxygen atoms in total. The third-order valence-electron chi connectivity index (χ3n) is 4.83. The zero-order chi connectivity index (χ0) is 18.8. The molecule has 5 heteroatoms. The van der Waals surface area contributed by atoms with E-state index in [4.69, 9.17) is 0 Å². The fourth-order valence-corrected chi connectivity index (χ4v) is 3.24. The Kier molecular flexibility index (Phi) is 8.75. The molecule has 1 aromatic carbocycles. The van der Waals surface area contributed by atoms with Crippen LogP contribution < -0.4 is 15.5 Å². The SMILES string of the molecule is CN=C(NCCCCN1CCN(c2cccc(C)c2)CC1)NCC(C)C. The van der Waals surface area contributed by atoms with Crippen molar-refractivity contribution < 1.29 is 0 Å². The number of rotatable bonds is 8. The maximum Gasteiger partial charge on any atom is 0.190 e. The number of piperazine rings is 1. The van der Waals surface area contributed by atoms with E-state index in [2.05, 4.69) is 70.5 Å². The molecule has 0 bridgehead atoms. The Balaban J connectivity index is 1.57. The summed E-state index contributed by atoms with van der Waals surface area (Å²) in [4.78, 5) is 9.37. The van der Waals surface area contributed by atoms with Gasteiger partial charge < -0.3 is 15.5 Å². The summed E-state index contributed by atoms with van der Waals surface area (Å²) < 4.78 is 0. The second-order valence-corrected chi connectivity index (χ2v) is 7.65. The van der Waals surface area contributed by atoms with Crippen LogP contribution in [0.25, 0.3) is 0 Å². The molecule has 146 valence electrons. The molecule has 1 heterocycles. The molecule has 1 saturated heterocycles. The predicted octanol–water partition coefficient (Wildman–Crippen LogP) is 2.72. The number of benzene rings is 1. The van der Waals surface area contributed by atoms with Crippen molar-refractivity contribution in [1.29, 1.82) is 0 Å². The van der Waals surface area contributed by atoms with Gasteiger partial charge in [0.25, 0.3) is 0 Å². The maximum absolute atomic E-state index is 4.27. The minimum atomic E-state index is 0.631. The summed E-state index contributed by atoms with van der Waals surface area (Å²) in [6.07, 6.45) is 2.42. The van der Waals surface area contributed by atoms with Gasteiger partial charge in [-0.2, -0.15) is 0 Å². The highest BCUT2D eigenvalue weighted by molar-refractivity contribution is 5.79. The summed E-state index contributed by atoms with van der Waals surface area (Å²) in [5.41, 5.74) is 2.71. The molecule has 1 aromatic rings. The molecule has 0 radical (unpaired) electrons. The summed E-state index contributed by atoms with van der Waals surface area (Å²) in [5, 5.41) is 6.76. The quantitative estimate of drug-likeness (QED) is 0.425. The van der Waals surface area contributed by atoms with Gasteiger partial charge in [0.15, 0.2) is 5.96 Å². The molecule has 0 unspecified atom stereocenters. The lowest BCUT2D eigenvalue weighted by atomic mass is 10.2. The smallest absolute Gasteiger partial charge is 0.190 e. The van der Waals surface area contributed by atoms with Crippen molar-refractivity contribution in [1.82, 2.24) is 15.5 Å². The first kappa shape index (κ1) is 20.6. The normalized spacial score (nSPS) is 16.2. The minimum Gasteiger partial charge on any atom is -0.369 e. The molecule has 0 amide bonds. The number of aryl methyl sites for hydroxylation is 1. The average molecular weight is 360 g/mol. The van der Waals surface area contributed by atoms with Gasteiger partial charge in [0.05, 0.1) is 0 Å². The molecular weight excluding hydrogens is 322 g/mol. The molecule has 1 aliphatic rings. The number of hydrogen-bond acceptors (Lipinski definition) is 3. The van der Waals surface area contributed by atoms with Crippen LogP contribution >= 0.6 is 0 Å². The van der Waals surface area contributed by atoms with Crippen LogP contribution in [0.5, 0.6) is 0 Å². The minimum absolute atomic E-state index is 0.631. The van der Waals surface area contributed by atoms with E-state index < -0.39 is 0 Å². The molecule has 0 saturated carbocycles. The molecule has 2 rings (SSSR count). The van der Waals surface area contributed by atoms with E-state index in [0.717, 1.165) is 32.1 Å². The number of unbranched alkanes of at least 4 members (excludes halogenated alkanes) is 1. The Hall–Kier alpha value is -1.75.